The summed E-state index contributed by atoms with van der Waals surface area (Å²) in [5, 5.41) is 14.2. The number of hydrogen-bond acceptors (Lipinski definition) is 6. The van der Waals surface area contributed by atoms with E-state index < -0.39 is 10.8 Å². The fourth-order valence-electron chi connectivity index (χ4n) is 2.02. The van der Waals surface area contributed by atoms with Gasteiger partial charge in [0.15, 0.2) is 5.69 Å². The first-order valence-corrected chi connectivity index (χ1v) is 7.09. The van der Waals surface area contributed by atoms with E-state index in [-0.39, 0.29) is 28.6 Å². The van der Waals surface area contributed by atoms with Crippen LogP contribution in [-0.2, 0) is 4.74 Å². The summed E-state index contributed by atoms with van der Waals surface area (Å²) in [6.07, 6.45) is 0.796. The number of nitrogens with one attached hydrogen (secondary N) is 1. The van der Waals surface area contributed by atoms with Crippen molar-refractivity contribution in [3.8, 4) is 5.75 Å². The molecule has 0 aromatic heterocycles. The molecule has 0 aliphatic carbocycles. The van der Waals surface area contributed by atoms with Gasteiger partial charge in [0.25, 0.3) is 5.69 Å². The number of carbonyl (C=O) groups excluding carboxylic acids is 1. The third-order valence-corrected chi connectivity index (χ3v) is 3.30. The Balaban J connectivity index is 2.34. The summed E-state index contributed by atoms with van der Waals surface area (Å²) >= 11 is 0. The third kappa shape index (κ3) is 3.64. The zero-order valence-electron chi connectivity index (χ0n) is 12.3. The molecule has 2 rings (SSSR count). The van der Waals surface area contributed by atoms with Gasteiger partial charge in [0, 0.05) is 24.1 Å². The molecule has 1 aliphatic heterocycles. The summed E-state index contributed by atoms with van der Waals surface area (Å²) in [6.45, 7) is 4.09. The summed E-state index contributed by atoms with van der Waals surface area (Å²) in [5.74, 6) is -0.208. The SMILES string of the molecule is CCCNc1c(OCC2COC2)cc(C(N)=O)cc1[N+](=O)[O-]. The molecule has 1 fully saturated rings. The van der Waals surface area contributed by atoms with Crippen LogP contribution in [0, 0.1) is 16.0 Å². The Kier molecular flexibility index (Phi) is 5.16. The Labute approximate surface area is 127 Å². The van der Waals surface area contributed by atoms with Crippen molar-refractivity contribution >= 4 is 17.3 Å². The van der Waals surface area contributed by atoms with Crippen LogP contribution < -0.4 is 15.8 Å². The molecule has 3 N–H and O–H groups in total. The molecule has 1 aliphatic rings. The van der Waals surface area contributed by atoms with Crippen molar-refractivity contribution in [2.75, 3.05) is 31.7 Å². The van der Waals surface area contributed by atoms with Crippen molar-refractivity contribution in [2.24, 2.45) is 11.7 Å². The molecule has 1 amide bonds. The van der Waals surface area contributed by atoms with Gasteiger partial charge in [-0.2, -0.15) is 0 Å². The van der Waals surface area contributed by atoms with Gasteiger partial charge in [-0.05, 0) is 12.5 Å². The average Bonchev–Trinajstić information content (AvgIpc) is 2.43. The molecule has 1 aromatic carbocycles. The molecule has 22 heavy (non-hydrogen) atoms. The lowest BCUT2D eigenvalue weighted by atomic mass is 10.1. The minimum Gasteiger partial charge on any atom is -0.491 e. The second-order valence-corrected chi connectivity index (χ2v) is 5.13. The molecular weight excluding hydrogens is 290 g/mol. The zero-order chi connectivity index (χ0) is 16.1. The summed E-state index contributed by atoms with van der Waals surface area (Å²) in [4.78, 5) is 22.1. The molecule has 1 heterocycles. The number of hydrogen-bond donors (Lipinski definition) is 2. The van der Waals surface area contributed by atoms with Crippen molar-refractivity contribution in [3.63, 3.8) is 0 Å². The maximum atomic E-state index is 11.4. The molecular formula is C14H19N3O5. The number of nitro benzene ring substituents is 1. The lowest BCUT2D eigenvalue weighted by Crippen LogP contribution is -2.32. The van der Waals surface area contributed by atoms with Crippen molar-refractivity contribution in [1.29, 1.82) is 0 Å². The van der Waals surface area contributed by atoms with Crippen LogP contribution in [0.5, 0.6) is 5.75 Å². The Morgan fingerprint density at radius 1 is 1.55 bits per heavy atom. The number of rotatable bonds is 8. The van der Waals surface area contributed by atoms with Crippen LogP contribution in [-0.4, -0.2) is 37.2 Å². The fraction of sp³-hybridized carbons (Fsp3) is 0.500. The summed E-state index contributed by atoms with van der Waals surface area (Å²) < 4.78 is 10.7. The number of ether oxygens (including phenoxy) is 2. The van der Waals surface area contributed by atoms with Crippen molar-refractivity contribution in [1.82, 2.24) is 0 Å². The highest BCUT2D eigenvalue weighted by Crippen LogP contribution is 2.36. The monoisotopic (exact) mass is 309 g/mol. The van der Waals surface area contributed by atoms with E-state index in [1.54, 1.807) is 0 Å². The van der Waals surface area contributed by atoms with Crippen LogP contribution in [0.4, 0.5) is 11.4 Å². The summed E-state index contributed by atoms with van der Waals surface area (Å²) in [5.41, 5.74) is 5.34. The maximum Gasteiger partial charge on any atom is 0.296 e. The quantitative estimate of drug-likeness (QED) is 0.555. The molecule has 8 nitrogen and oxygen atoms in total. The first-order valence-electron chi connectivity index (χ1n) is 7.09. The van der Waals surface area contributed by atoms with E-state index in [2.05, 4.69) is 5.32 Å². The van der Waals surface area contributed by atoms with E-state index in [4.69, 9.17) is 15.2 Å². The first-order chi connectivity index (χ1) is 10.5. The number of nitrogens with two attached hydrogens (primary N) is 1. The van der Waals surface area contributed by atoms with Gasteiger partial charge in [0.05, 0.1) is 24.7 Å². The van der Waals surface area contributed by atoms with E-state index in [1.807, 2.05) is 6.92 Å². The summed E-state index contributed by atoms with van der Waals surface area (Å²) in [7, 11) is 0. The van der Waals surface area contributed by atoms with E-state index in [1.165, 1.54) is 12.1 Å². The minimum absolute atomic E-state index is 0.0496. The normalized spacial score (nSPS) is 14.2. The van der Waals surface area contributed by atoms with Gasteiger partial charge in [-0.15, -0.1) is 0 Å². The van der Waals surface area contributed by atoms with Crippen LogP contribution >= 0.6 is 0 Å². The first kappa shape index (κ1) is 16.0. The van der Waals surface area contributed by atoms with Gasteiger partial charge in [-0.25, -0.2) is 0 Å². The molecule has 8 heteroatoms. The molecule has 0 radical (unpaired) electrons. The average molecular weight is 309 g/mol. The predicted molar refractivity (Wildman–Crippen MR) is 80.2 cm³/mol. The maximum absolute atomic E-state index is 11.4. The van der Waals surface area contributed by atoms with Crippen molar-refractivity contribution < 1.29 is 19.2 Å². The molecule has 1 aromatic rings. The van der Waals surface area contributed by atoms with E-state index in [9.17, 15) is 14.9 Å². The van der Waals surface area contributed by atoms with Crippen LogP contribution in [0.1, 0.15) is 23.7 Å². The molecule has 0 spiro atoms. The molecule has 0 saturated carbocycles. The number of amides is 1. The largest absolute Gasteiger partial charge is 0.491 e. The topological polar surface area (TPSA) is 117 Å². The van der Waals surface area contributed by atoms with Crippen LogP contribution in [0.25, 0.3) is 0 Å². The van der Waals surface area contributed by atoms with Crippen LogP contribution in [0.15, 0.2) is 12.1 Å². The highest BCUT2D eigenvalue weighted by Gasteiger charge is 2.24. The number of primary amides is 1. The Hall–Kier alpha value is -2.35. The molecule has 0 bridgehead atoms. The van der Waals surface area contributed by atoms with Gasteiger partial charge < -0.3 is 20.5 Å². The van der Waals surface area contributed by atoms with Crippen LogP contribution in [0.2, 0.25) is 0 Å². The van der Waals surface area contributed by atoms with Gasteiger partial charge >= 0.3 is 0 Å². The van der Waals surface area contributed by atoms with Crippen molar-refractivity contribution in [3.05, 3.63) is 27.8 Å². The summed E-state index contributed by atoms with van der Waals surface area (Å²) in [6, 6.07) is 2.60. The number of nitrogens with zero attached hydrogens (tertiary/aromatic N) is 1. The standard InChI is InChI=1S/C14H19N3O5/c1-2-3-16-13-11(17(19)20)4-10(14(15)18)5-12(13)22-8-9-6-21-7-9/h4-5,9,16H,2-3,6-8H2,1H3,(H2,15,18). The Morgan fingerprint density at radius 3 is 2.77 bits per heavy atom. The molecule has 0 unspecified atom stereocenters. The molecule has 1 saturated heterocycles. The van der Waals surface area contributed by atoms with Gasteiger partial charge in [0.2, 0.25) is 5.91 Å². The van der Waals surface area contributed by atoms with Crippen LogP contribution in [0.3, 0.4) is 0 Å². The Bertz CT molecular complexity index is 572. The number of carbonyl (C=O) groups is 1. The van der Waals surface area contributed by atoms with Crippen molar-refractivity contribution in [2.45, 2.75) is 13.3 Å². The Morgan fingerprint density at radius 2 is 2.27 bits per heavy atom. The molecule has 120 valence electrons. The number of nitro groups is 1. The molecule has 0 atom stereocenters. The van der Waals surface area contributed by atoms with Gasteiger partial charge in [-0.3, -0.25) is 14.9 Å². The second kappa shape index (κ2) is 7.08. The zero-order valence-corrected chi connectivity index (χ0v) is 12.3. The highest BCUT2D eigenvalue weighted by molar-refractivity contribution is 5.95. The van der Waals surface area contributed by atoms with E-state index in [0.29, 0.717) is 26.4 Å². The third-order valence-electron chi connectivity index (χ3n) is 3.30. The predicted octanol–water partition coefficient (Wildman–Crippen LogP) is 1.54. The van der Waals surface area contributed by atoms with Gasteiger partial charge in [0.1, 0.15) is 5.75 Å². The number of anilines is 1. The smallest absolute Gasteiger partial charge is 0.296 e. The lowest BCUT2D eigenvalue weighted by Gasteiger charge is -2.26. The highest BCUT2D eigenvalue weighted by atomic mass is 16.6. The minimum atomic E-state index is -0.734. The lowest BCUT2D eigenvalue weighted by molar-refractivity contribution is -0.384. The fourth-order valence-corrected chi connectivity index (χ4v) is 2.02. The number of benzene rings is 1. The van der Waals surface area contributed by atoms with E-state index >= 15 is 0 Å². The van der Waals surface area contributed by atoms with Gasteiger partial charge in [-0.1, -0.05) is 6.92 Å². The van der Waals surface area contributed by atoms with E-state index in [0.717, 1.165) is 6.42 Å². The second-order valence-electron chi connectivity index (χ2n) is 5.13.